The van der Waals surface area contributed by atoms with E-state index in [1.807, 2.05) is 16.7 Å². The molecule has 28 heavy (non-hydrogen) atoms. The molecule has 7 nitrogen and oxygen atoms in total. The minimum atomic E-state index is -0.409. The van der Waals surface area contributed by atoms with Gasteiger partial charge in [0.25, 0.3) is 0 Å². The van der Waals surface area contributed by atoms with Crippen molar-refractivity contribution in [3.8, 4) is 5.69 Å². The highest BCUT2D eigenvalue weighted by Gasteiger charge is 2.22. The number of rotatable bonds is 8. The van der Waals surface area contributed by atoms with Crippen molar-refractivity contribution in [1.29, 1.82) is 0 Å². The molecule has 0 aliphatic heterocycles. The van der Waals surface area contributed by atoms with E-state index in [0.29, 0.717) is 27.7 Å². The van der Waals surface area contributed by atoms with Crippen LogP contribution >= 0.6 is 35.1 Å². The van der Waals surface area contributed by atoms with Crippen LogP contribution in [0.3, 0.4) is 0 Å². The SMILES string of the molecule is CCOC(=O)[C@H](C)Sc1nnc(CSc2ncccn2)n1-c1ccc(Cl)cc1. The number of thioether (sulfide) groups is 2. The zero-order valence-electron chi connectivity index (χ0n) is 15.3. The third-order valence-corrected chi connectivity index (χ3v) is 5.70. The maximum absolute atomic E-state index is 12.0. The van der Waals surface area contributed by atoms with E-state index in [9.17, 15) is 4.79 Å². The van der Waals surface area contributed by atoms with E-state index in [0.717, 1.165) is 11.5 Å². The van der Waals surface area contributed by atoms with Crippen LogP contribution in [0.4, 0.5) is 0 Å². The molecule has 0 unspecified atom stereocenters. The summed E-state index contributed by atoms with van der Waals surface area (Å²) in [4.78, 5) is 20.5. The van der Waals surface area contributed by atoms with Gasteiger partial charge in [0.1, 0.15) is 11.1 Å². The largest absolute Gasteiger partial charge is 0.465 e. The van der Waals surface area contributed by atoms with Gasteiger partial charge >= 0.3 is 5.97 Å². The fourth-order valence-electron chi connectivity index (χ4n) is 2.27. The first kappa shape index (κ1) is 20.6. The molecule has 0 N–H and O–H groups in total. The van der Waals surface area contributed by atoms with E-state index in [4.69, 9.17) is 16.3 Å². The molecule has 0 spiro atoms. The summed E-state index contributed by atoms with van der Waals surface area (Å²) in [6, 6.07) is 9.15. The van der Waals surface area contributed by atoms with Gasteiger partial charge in [0.05, 0.1) is 12.4 Å². The van der Waals surface area contributed by atoms with Crippen LogP contribution in [0, 0.1) is 0 Å². The molecule has 10 heteroatoms. The first-order chi connectivity index (χ1) is 13.6. The summed E-state index contributed by atoms with van der Waals surface area (Å²) in [7, 11) is 0. The Kier molecular flexibility index (Phi) is 7.30. The van der Waals surface area contributed by atoms with Gasteiger partial charge in [-0.3, -0.25) is 9.36 Å². The second kappa shape index (κ2) is 9.90. The Bertz CT molecular complexity index is 921. The quantitative estimate of drug-likeness (QED) is 0.297. The Morgan fingerprint density at radius 3 is 2.61 bits per heavy atom. The number of hydrogen-bond donors (Lipinski definition) is 0. The predicted molar refractivity (Wildman–Crippen MR) is 110 cm³/mol. The second-order valence-corrected chi connectivity index (χ2v) is 8.23. The molecule has 0 aliphatic rings. The maximum Gasteiger partial charge on any atom is 0.319 e. The Hall–Kier alpha value is -2.10. The third kappa shape index (κ3) is 5.24. The van der Waals surface area contributed by atoms with Gasteiger partial charge in [-0.15, -0.1) is 10.2 Å². The molecule has 0 fully saturated rings. The molecular weight excluding hydrogens is 418 g/mol. The standard InChI is InChI=1S/C18H18ClN5O2S2/c1-3-26-16(25)12(2)28-18-23-22-15(11-27-17-20-9-4-10-21-17)24(18)14-7-5-13(19)6-8-14/h4-10,12H,3,11H2,1-2H3/t12-/m0/s1. The number of nitrogens with zero attached hydrogens (tertiary/aromatic N) is 5. The lowest BCUT2D eigenvalue weighted by Crippen LogP contribution is -2.17. The molecular formula is C18H18ClN5O2S2. The molecule has 0 saturated carbocycles. The normalized spacial score (nSPS) is 12.0. The van der Waals surface area contributed by atoms with Crippen molar-refractivity contribution < 1.29 is 9.53 Å². The van der Waals surface area contributed by atoms with Crippen molar-refractivity contribution in [2.24, 2.45) is 0 Å². The van der Waals surface area contributed by atoms with E-state index in [1.54, 1.807) is 44.4 Å². The zero-order valence-corrected chi connectivity index (χ0v) is 17.7. The lowest BCUT2D eigenvalue weighted by atomic mass is 10.3. The lowest BCUT2D eigenvalue weighted by Gasteiger charge is -2.13. The van der Waals surface area contributed by atoms with Crippen molar-refractivity contribution in [1.82, 2.24) is 24.7 Å². The van der Waals surface area contributed by atoms with Crippen molar-refractivity contribution in [3.63, 3.8) is 0 Å². The molecule has 146 valence electrons. The highest BCUT2D eigenvalue weighted by Crippen LogP contribution is 2.29. The summed E-state index contributed by atoms with van der Waals surface area (Å²) >= 11 is 8.79. The fraction of sp³-hybridized carbons (Fsp3) is 0.278. The van der Waals surface area contributed by atoms with Crippen molar-refractivity contribution in [3.05, 3.63) is 53.6 Å². The van der Waals surface area contributed by atoms with Gasteiger partial charge in [-0.1, -0.05) is 35.1 Å². The van der Waals surface area contributed by atoms with Crippen LogP contribution in [-0.4, -0.2) is 42.6 Å². The van der Waals surface area contributed by atoms with Crippen LogP contribution in [-0.2, 0) is 15.3 Å². The van der Waals surface area contributed by atoms with E-state index >= 15 is 0 Å². The van der Waals surface area contributed by atoms with Crippen molar-refractivity contribution in [2.75, 3.05) is 6.61 Å². The van der Waals surface area contributed by atoms with Gasteiger partial charge in [-0.2, -0.15) is 0 Å². The number of ether oxygens (including phenoxy) is 1. The molecule has 0 bridgehead atoms. The van der Waals surface area contributed by atoms with Gasteiger partial charge in [0.2, 0.25) is 0 Å². The molecule has 1 aromatic carbocycles. The van der Waals surface area contributed by atoms with E-state index < -0.39 is 5.25 Å². The number of carbonyl (C=O) groups is 1. The van der Waals surface area contributed by atoms with Crippen LogP contribution in [0.25, 0.3) is 5.69 Å². The molecule has 2 heterocycles. The first-order valence-corrected chi connectivity index (χ1v) is 10.8. The topological polar surface area (TPSA) is 82.8 Å². The monoisotopic (exact) mass is 435 g/mol. The fourth-order valence-corrected chi connectivity index (χ4v) is 4.00. The van der Waals surface area contributed by atoms with Crippen LogP contribution in [0.15, 0.2) is 53.0 Å². The minimum Gasteiger partial charge on any atom is -0.465 e. The van der Waals surface area contributed by atoms with Crippen molar-refractivity contribution >= 4 is 41.1 Å². The molecule has 2 aromatic heterocycles. The average molecular weight is 436 g/mol. The first-order valence-electron chi connectivity index (χ1n) is 8.51. The number of esters is 1. The second-order valence-electron chi connectivity index (χ2n) is 5.54. The Balaban J connectivity index is 1.88. The third-order valence-electron chi connectivity index (χ3n) is 3.56. The van der Waals surface area contributed by atoms with Gasteiger partial charge in [0, 0.05) is 23.1 Å². The van der Waals surface area contributed by atoms with Gasteiger partial charge < -0.3 is 4.74 Å². The number of aromatic nitrogens is 5. The highest BCUT2D eigenvalue weighted by molar-refractivity contribution is 8.00. The molecule has 3 rings (SSSR count). The maximum atomic E-state index is 12.0. The van der Waals surface area contributed by atoms with E-state index in [1.165, 1.54) is 23.5 Å². The van der Waals surface area contributed by atoms with Crippen LogP contribution < -0.4 is 0 Å². The number of carbonyl (C=O) groups excluding carboxylic acids is 1. The summed E-state index contributed by atoms with van der Waals surface area (Å²) in [5.74, 6) is 0.957. The van der Waals surface area contributed by atoms with E-state index in [2.05, 4.69) is 20.2 Å². The van der Waals surface area contributed by atoms with Gasteiger partial charge in [-0.05, 0) is 44.2 Å². The van der Waals surface area contributed by atoms with Crippen LogP contribution in [0.1, 0.15) is 19.7 Å². The summed E-state index contributed by atoms with van der Waals surface area (Å²) in [5.41, 5.74) is 0.859. The Labute approximate surface area is 176 Å². The molecule has 0 amide bonds. The summed E-state index contributed by atoms with van der Waals surface area (Å²) in [6.07, 6.45) is 3.39. The van der Waals surface area contributed by atoms with Gasteiger partial charge in [-0.25, -0.2) is 9.97 Å². The predicted octanol–water partition coefficient (Wildman–Crippen LogP) is 4.05. The Morgan fingerprint density at radius 2 is 1.93 bits per heavy atom. The number of halogens is 1. The number of hydrogen-bond acceptors (Lipinski definition) is 8. The Morgan fingerprint density at radius 1 is 1.21 bits per heavy atom. The zero-order chi connectivity index (χ0) is 19.9. The summed E-state index contributed by atoms with van der Waals surface area (Å²) in [6.45, 7) is 3.91. The van der Waals surface area contributed by atoms with E-state index in [-0.39, 0.29) is 5.97 Å². The minimum absolute atomic E-state index is 0.285. The van der Waals surface area contributed by atoms with Crippen molar-refractivity contribution in [2.45, 2.75) is 35.2 Å². The molecule has 0 aliphatic carbocycles. The number of benzene rings is 1. The van der Waals surface area contributed by atoms with Gasteiger partial charge in [0.15, 0.2) is 10.3 Å². The smallest absolute Gasteiger partial charge is 0.319 e. The lowest BCUT2D eigenvalue weighted by molar-refractivity contribution is -0.142. The van der Waals surface area contributed by atoms with Crippen LogP contribution in [0.2, 0.25) is 5.02 Å². The molecule has 0 saturated heterocycles. The summed E-state index contributed by atoms with van der Waals surface area (Å²) in [5, 5.41) is 10.1. The highest BCUT2D eigenvalue weighted by atomic mass is 35.5. The molecule has 1 atom stereocenters. The molecule has 3 aromatic rings. The average Bonchev–Trinajstić information content (AvgIpc) is 3.10. The van der Waals surface area contributed by atoms with Crippen LogP contribution in [0.5, 0.6) is 0 Å². The summed E-state index contributed by atoms with van der Waals surface area (Å²) < 4.78 is 7.00. The molecule has 0 radical (unpaired) electrons.